The first-order valence-corrected chi connectivity index (χ1v) is 13.2. The van der Waals surface area contributed by atoms with E-state index in [4.69, 9.17) is 0 Å². The van der Waals surface area contributed by atoms with Gasteiger partial charge in [0.05, 0.1) is 19.6 Å². The van der Waals surface area contributed by atoms with Gasteiger partial charge in [-0.2, -0.15) is 0 Å². The molecule has 1 rings (SSSR count). The van der Waals surface area contributed by atoms with Crippen molar-refractivity contribution in [2.24, 2.45) is 0 Å². The Kier molecular flexibility index (Phi) is 12.6. The van der Waals surface area contributed by atoms with Crippen LogP contribution < -0.4 is 0 Å². The Hall–Kier alpha value is 0.350. The molecule has 0 radical (unpaired) electrons. The summed E-state index contributed by atoms with van der Waals surface area (Å²) in [6, 6.07) is 0. The summed E-state index contributed by atoms with van der Waals surface area (Å²) in [5.41, 5.74) is 0. The van der Waals surface area contributed by atoms with Crippen LogP contribution in [0.3, 0.4) is 0 Å². The van der Waals surface area contributed by atoms with Crippen LogP contribution in [0, 0.1) is 0 Å². The third-order valence-corrected chi connectivity index (χ3v) is 11.2. The summed E-state index contributed by atoms with van der Waals surface area (Å²) in [6.07, 6.45) is 20.9. The van der Waals surface area contributed by atoms with E-state index in [0.717, 1.165) is 31.6 Å². The SMILES string of the molecule is CCCCCCCC[P+]1(CCCCCCCC)C(O)CCCC1O. The van der Waals surface area contributed by atoms with Crippen LogP contribution in [0.2, 0.25) is 0 Å². The number of unbranched alkanes of at least 4 members (excludes halogenated alkanes) is 10. The van der Waals surface area contributed by atoms with Gasteiger partial charge in [-0.15, -0.1) is 0 Å². The molecule has 0 saturated carbocycles. The van der Waals surface area contributed by atoms with Crippen LogP contribution in [0.5, 0.6) is 0 Å². The van der Waals surface area contributed by atoms with Crippen molar-refractivity contribution in [2.75, 3.05) is 12.3 Å². The number of aliphatic hydroxyl groups excluding tert-OH is 2. The van der Waals surface area contributed by atoms with E-state index in [2.05, 4.69) is 13.8 Å². The third-order valence-electron chi connectivity index (χ3n) is 5.97. The molecule has 2 N–H and O–H groups in total. The van der Waals surface area contributed by atoms with Crippen LogP contribution in [0.15, 0.2) is 0 Å². The van der Waals surface area contributed by atoms with Crippen molar-refractivity contribution >= 4 is 7.26 Å². The summed E-state index contributed by atoms with van der Waals surface area (Å²) in [6.45, 7) is 4.52. The molecular formula is C21H44O2P+. The molecule has 0 aromatic rings. The van der Waals surface area contributed by atoms with Crippen LogP contribution in [-0.4, -0.2) is 34.2 Å². The van der Waals surface area contributed by atoms with E-state index in [1.807, 2.05) is 0 Å². The van der Waals surface area contributed by atoms with E-state index in [1.165, 1.54) is 77.0 Å². The van der Waals surface area contributed by atoms with Gasteiger partial charge in [0.25, 0.3) is 0 Å². The van der Waals surface area contributed by atoms with Gasteiger partial charge in [-0.1, -0.05) is 65.2 Å². The Morgan fingerprint density at radius 3 is 1.42 bits per heavy atom. The van der Waals surface area contributed by atoms with Gasteiger partial charge in [0, 0.05) is 12.8 Å². The maximum Gasteiger partial charge on any atom is 0.166 e. The smallest absolute Gasteiger partial charge is 0.166 e. The zero-order valence-electron chi connectivity index (χ0n) is 16.5. The molecule has 2 unspecified atom stereocenters. The van der Waals surface area contributed by atoms with Gasteiger partial charge in [0.2, 0.25) is 0 Å². The first-order chi connectivity index (χ1) is 11.7. The minimum absolute atomic E-state index is 0.174. The van der Waals surface area contributed by atoms with Gasteiger partial charge in [-0.3, -0.25) is 0 Å². The molecule has 0 bridgehead atoms. The molecular weight excluding hydrogens is 315 g/mol. The summed E-state index contributed by atoms with van der Waals surface area (Å²) < 4.78 is 0. The molecule has 0 aromatic heterocycles. The predicted octanol–water partition coefficient (Wildman–Crippen LogP) is 6.55. The highest BCUT2D eigenvalue weighted by Gasteiger charge is 2.52. The summed E-state index contributed by atoms with van der Waals surface area (Å²) in [5.74, 6) is -0.347. The van der Waals surface area contributed by atoms with Crippen LogP contribution >= 0.6 is 7.26 Å². The minimum atomic E-state index is -1.57. The molecule has 2 atom stereocenters. The van der Waals surface area contributed by atoms with Crippen LogP contribution in [-0.2, 0) is 0 Å². The molecule has 0 spiro atoms. The average Bonchev–Trinajstić information content (AvgIpc) is 2.58. The lowest BCUT2D eigenvalue weighted by Crippen LogP contribution is -2.32. The van der Waals surface area contributed by atoms with Crippen molar-refractivity contribution in [3.05, 3.63) is 0 Å². The molecule has 3 heteroatoms. The number of hydrogen-bond donors (Lipinski definition) is 2. The van der Waals surface area contributed by atoms with Crippen molar-refractivity contribution in [3.8, 4) is 0 Å². The van der Waals surface area contributed by atoms with Gasteiger partial charge >= 0.3 is 0 Å². The van der Waals surface area contributed by atoms with E-state index in [1.54, 1.807) is 0 Å². The van der Waals surface area contributed by atoms with E-state index >= 15 is 0 Å². The van der Waals surface area contributed by atoms with Crippen LogP contribution in [0.1, 0.15) is 110 Å². The maximum absolute atomic E-state index is 10.8. The largest absolute Gasteiger partial charge is 0.359 e. The highest BCUT2D eigenvalue weighted by atomic mass is 31.2. The lowest BCUT2D eigenvalue weighted by Gasteiger charge is -2.39. The van der Waals surface area contributed by atoms with Gasteiger partial charge in [0.1, 0.15) is 0 Å². The fourth-order valence-electron chi connectivity index (χ4n) is 4.28. The highest BCUT2D eigenvalue weighted by Crippen LogP contribution is 2.70. The standard InChI is InChI=1S/C21H44O2P/c1-3-5-7-9-11-13-18-24(19-14-12-10-8-6-4-2)20(22)16-15-17-21(24)23/h20-23H,3-19H2,1-2H3/q+1. The second kappa shape index (κ2) is 13.5. The molecule has 1 fully saturated rings. The average molecular weight is 360 g/mol. The summed E-state index contributed by atoms with van der Waals surface area (Å²) in [4.78, 5) is 0. The zero-order valence-corrected chi connectivity index (χ0v) is 17.4. The molecule has 2 nitrogen and oxygen atoms in total. The summed E-state index contributed by atoms with van der Waals surface area (Å²) in [7, 11) is -1.57. The fourth-order valence-corrected chi connectivity index (χ4v) is 9.11. The summed E-state index contributed by atoms with van der Waals surface area (Å²) >= 11 is 0. The predicted molar refractivity (Wildman–Crippen MR) is 109 cm³/mol. The first-order valence-electron chi connectivity index (χ1n) is 10.9. The maximum atomic E-state index is 10.8. The molecule has 1 aliphatic heterocycles. The normalized spacial score (nSPS) is 23.5. The van der Waals surface area contributed by atoms with Crippen molar-refractivity contribution in [1.29, 1.82) is 0 Å². The number of rotatable bonds is 14. The first kappa shape index (κ1) is 22.4. The fraction of sp³-hybridized carbons (Fsp3) is 1.00. The molecule has 144 valence electrons. The Morgan fingerprint density at radius 1 is 0.625 bits per heavy atom. The molecule has 1 saturated heterocycles. The minimum Gasteiger partial charge on any atom is -0.359 e. The van der Waals surface area contributed by atoms with Gasteiger partial charge in [-0.25, -0.2) is 0 Å². The van der Waals surface area contributed by atoms with E-state index < -0.39 is 7.26 Å². The van der Waals surface area contributed by atoms with Crippen molar-refractivity contribution in [2.45, 2.75) is 122 Å². The Labute approximate surface area is 152 Å². The van der Waals surface area contributed by atoms with Crippen LogP contribution in [0.4, 0.5) is 0 Å². The van der Waals surface area contributed by atoms with Crippen molar-refractivity contribution < 1.29 is 10.2 Å². The molecule has 0 amide bonds. The second-order valence-electron chi connectivity index (χ2n) is 7.98. The lowest BCUT2D eigenvalue weighted by atomic mass is 10.1. The Balaban J connectivity index is 2.41. The van der Waals surface area contributed by atoms with Crippen molar-refractivity contribution in [3.63, 3.8) is 0 Å². The Morgan fingerprint density at radius 2 is 1.00 bits per heavy atom. The van der Waals surface area contributed by atoms with E-state index in [9.17, 15) is 10.2 Å². The van der Waals surface area contributed by atoms with Gasteiger partial charge < -0.3 is 10.2 Å². The van der Waals surface area contributed by atoms with E-state index in [-0.39, 0.29) is 11.7 Å². The monoisotopic (exact) mass is 359 g/mol. The van der Waals surface area contributed by atoms with E-state index in [0.29, 0.717) is 0 Å². The summed E-state index contributed by atoms with van der Waals surface area (Å²) in [5, 5.41) is 21.5. The molecule has 0 aromatic carbocycles. The van der Waals surface area contributed by atoms with Crippen LogP contribution in [0.25, 0.3) is 0 Å². The zero-order chi connectivity index (χ0) is 17.7. The molecule has 1 heterocycles. The number of aliphatic hydroxyl groups is 2. The Bertz CT molecular complexity index is 268. The molecule has 24 heavy (non-hydrogen) atoms. The third kappa shape index (κ3) is 7.71. The lowest BCUT2D eigenvalue weighted by molar-refractivity contribution is 0.173. The number of hydrogen-bond acceptors (Lipinski definition) is 2. The molecule has 0 aliphatic carbocycles. The van der Waals surface area contributed by atoms with Crippen molar-refractivity contribution in [1.82, 2.24) is 0 Å². The highest BCUT2D eigenvalue weighted by molar-refractivity contribution is 7.76. The van der Waals surface area contributed by atoms with Gasteiger partial charge in [0.15, 0.2) is 11.7 Å². The van der Waals surface area contributed by atoms with Gasteiger partial charge in [-0.05, 0) is 32.1 Å². The second-order valence-corrected chi connectivity index (χ2v) is 12.3. The quantitative estimate of drug-likeness (QED) is 0.273. The molecule has 1 aliphatic rings. The topological polar surface area (TPSA) is 40.5 Å².